The highest BCUT2D eigenvalue weighted by atomic mass is 32.1. The Morgan fingerprint density at radius 3 is 2.89 bits per heavy atom. The quantitative estimate of drug-likeness (QED) is 0.565. The summed E-state index contributed by atoms with van der Waals surface area (Å²) in [5, 5.41) is 3.33. The molecule has 1 aliphatic heterocycles. The second-order valence-corrected chi connectivity index (χ2v) is 4.31. The topological polar surface area (TPSA) is 71.6 Å². The molecule has 1 aliphatic rings. The molecule has 0 aliphatic carbocycles. The Labute approximate surface area is 116 Å². The van der Waals surface area contributed by atoms with Crippen LogP contribution in [-0.2, 0) is 0 Å². The summed E-state index contributed by atoms with van der Waals surface area (Å²) >= 11 is 4.99. The molecule has 0 saturated heterocycles. The lowest BCUT2D eigenvalue weighted by Crippen LogP contribution is -2.46. The van der Waals surface area contributed by atoms with Crippen molar-refractivity contribution < 1.29 is 14.3 Å². The first-order valence-electron chi connectivity index (χ1n) is 5.94. The third-order valence-corrected chi connectivity index (χ3v) is 2.71. The van der Waals surface area contributed by atoms with Crippen molar-refractivity contribution in [2.24, 2.45) is 0 Å². The van der Waals surface area contributed by atoms with Gasteiger partial charge in [-0.2, -0.15) is 0 Å². The molecule has 3 N–H and O–H groups in total. The summed E-state index contributed by atoms with van der Waals surface area (Å²) in [5.41, 5.74) is 5.61. The highest BCUT2D eigenvalue weighted by molar-refractivity contribution is 7.80. The van der Waals surface area contributed by atoms with Crippen molar-refractivity contribution in [3.8, 4) is 11.5 Å². The van der Waals surface area contributed by atoms with Gasteiger partial charge in [-0.15, -0.1) is 0 Å². The Balaban J connectivity index is 1.88. The van der Waals surface area contributed by atoms with E-state index in [0.29, 0.717) is 22.2 Å². The first kappa shape index (κ1) is 13.4. The van der Waals surface area contributed by atoms with Crippen LogP contribution in [0.25, 0.3) is 0 Å². The summed E-state index contributed by atoms with van der Waals surface area (Å²) < 4.78 is 10.4. The van der Waals surface area contributed by atoms with Crippen LogP contribution >= 0.6 is 12.2 Å². The Bertz CT molecular complexity index is 493. The Kier molecular flexibility index (Phi) is 4.40. The fraction of sp³-hybridized carbons (Fsp3) is 0.333. The van der Waals surface area contributed by atoms with Gasteiger partial charge in [0.15, 0.2) is 16.6 Å². The molecule has 0 bridgehead atoms. The summed E-state index contributed by atoms with van der Waals surface area (Å²) in [5.74, 6) is 0.919. The van der Waals surface area contributed by atoms with Gasteiger partial charge in [-0.3, -0.25) is 15.6 Å². The van der Waals surface area contributed by atoms with Crippen molar-refractivity contribution in [3.05, 3.63) is 23.8 Å². The van der Waals surface area contributed by atoms with Crippen LogP contribution in [0.15, 0.2) is 18.2 Å². The predicted octanol–water partition coefficient (Wildman–Crippen LogP) is 0.934. The van der Waals surface area contributed by atoms with Crippen LogP contribution in [0.5, 0.6) is 11.5 Å². The van der Waals surface area contributed by atoms with E-state index in [0.717, 1.165) is 13.0 Å². The molecule has 19 heavy (non-hydrogen) atoms. The van der Waals surface area contributed by atoms with Gasteiger partial charge in [-0.1, -0.05) is 6.92 Å². The maximum absolute atomic E-state index is 11.9. The largest absolute Gasteiger partial charge is 0.454 e. The van der Waals surface area contributed by atoms with Crippen LogP contribution in [0, 0.1) is 0 Å². The van der Waals surface area contributed by atoms with E-state index in [4.69, 9.17) is 21.7 Å². The lowest BCUT2D eigenvalue weighted by Gasteiger charge is -2.11. The maximum Gasteiger partial charge on any atom is 0.269 e. The normalized spacial score (nSPS) is 11.8. The van der Waals surface area contributed by atoms with E-state index >= 15 is 0 Å². The number of nitrogens with one attached hydrogen (secondary N) is 3. The Morgan fingerprint density at radius 2 is 2.11 bits per heavy atom. The van der Waals surface area contributed by atoms with Crippen LogP contribution in [0.1, 0.15) is 23.7 Å². The molecule has 1 aromatic rings. The van der Waals surface area contributed by atoms with E-state index in [-0.39, 0.29) is 12.7 Å². The highest BCUT2D eigenvalue weighted by Gasteiger charge is 2.16. The second-order valence-electron chi connectivity index (χ2n) is 3.90. The summed E-state index contributed by atoms with van der Waals surface area (Å²) in [7, 11) is 0. The van der Waals surface area contributed by atoms with Crippen LogP contribution in [-0.4, -0.2) is 24.4 Å². The average Bonchev–Trinajstić information content (AvgIpc) is 2.89. The minimum atomic E-state index is -0.293. The van der Waals surface area contributed by atoms with Gasteiger partial charge >= 0.3 is 0 Å². The number of rotatable bonds is 3. The molecule has 0 aromatic heterocycles. The minimum absolute atomic E-state index is 0.184. The number of thiocarbonyl (C=S) groups is 1. The van der Waals surface area contributed by atoms with Crippen molar-refractivity contribution in [2.45, 2.75) is 13.3 Å². The lowest BCUT2D eigenvalue weighted by atomic mass is 10.2. The number of hydrazine groups is 1. The van der Waals surface area contributed by atoms with E-state index in [1.54, 1.807) is 18.2 Å². The summed E-state index contributed by atoms with van der Waals surface area (Å²) in [6.45, 7) is 2.97. The molecule has 0 atom stereocenters. The fourth-order valence-electron chi connectivity index (χ4n) is 1.51. The zero-order valence-electron chi connectivity index (χ0n) is 10.5. The third kappa shape index (κ3) is 3.47. The number of carbonyl (C=O) groups is 1. The zero-order chi connectivity index (χ0) is 13.7. The summed E-state index contributed by atoms with van der Waals surface area (Å²) in [6, 6.07) is 4.99. The molecule has 7 heteroatoms. The van der Waals surface area contributed by atoms with E-state index in [1.165, 1.54) is 0 Å². The molecule has 0 saturated carbocycles. The molecule has 0 unspecified atom stereocenters. The van der Waals surface area contributed by atoms with Gasteiger partial charge in [0.1, 0.15) is 0 Å². The first-order valence-corrected chi connectivity index (χ1v) is 6.35. The van der Waals surface area contributed by atoms with Crippen molar-refractivity contribution in [1.29, 1.82) is 0 Å². The molecule has 0 fully saturated rings. The van der Waals surface area contributed by atoms with E-state index in [1.807, 2.05) is 6.92 Å². The molecular formula is C12H15N3O3S. The molecule has 1 aromatic carbocycles. The molecular weight excluding hydrogens is 266 g/mol. The zero-order valence-corrected chi connectivity index (χ0v) is 11.3. The summed E-state index contributed by atoms with van der Waals surface area (Å²) in [4.78, 5) is 11.9. The standard InChI is InChI=1S/C12H15N3O3S/c1-2-5-13-12(19)15-14-11(16)8-3-4-9-10(6-8)18-7-17-9/h3-4,6H,2,5,7H2,1H3,(H,14,16)(H2,13,15,19). The Morgan fingerprint density at radius 1 is 1.32 bits per heavy atom. The number of amides is 1. The van der Waals surface area contributed by atoms with Crippen molar-refractivity contribution in [1.82, 2.24) is 16.2 Å². The fourth-order valence-corrected chi connectivity index (χ4v) is 1.66. The number of hydrogen-bond donors (Lipinski definition) is 3. The monoisotopic (exact) mass is 281 g/mol. The first-order chi connectivity index (χ1) is 9.20. The maximum atomic E-state index is 11.9. The van der Waals surface area contributed by atoms with Gasteiger partial charge in [-0.05, 0) is 36.8 Å². The summed E-state index contributed by atoms with van der Waals surface area (Å²) in [6.07, 6.45) is 0.956. The molecule has 102 valence electrons. The number of ether oxygens (including phenoxy) is 2. The SMILES string of the molecule is CCCNC(=S)NNC(=O)c1ccc2c(c1)OCO2. The number of fused-ring (bicyclic) bond motifs is 1. The minimum Gasteiger partial charge on any atom is -0.454 e. The predicted molar refractivity (Wildman–Crippen MR) is 74.1 cm³/mol. The van der Waals surface area contributed by atoms with Crippen molar-refractivity contribution in [3.63, 3.8) is 0 Å². The number of benzene rings is 1. The van der Waals surface area contributed by atoms with Gasteiger partial charge in [-0.25, -0.2) is 0 Å². The number of hydrogen-bond acceptors (Lipinski definition) is 4. The van der Waals surface area contributed by atoms with E-state index in [9.17, 15) is 4.79 Å². The van der Waals surface area contributed by atoms with Gasteiger partial charge in [0.2, 0.25) is 6.79 Å². The average molecular weight is 281 g/mol. The molecule has 0 spiro atoms. The molecule has 0 radical (unpaired) electrons. The third-order valence-electron chi connectivity index (χ3n) is 2.46. The molecule has 1 heterocycles. The van der Waals surface area contributed by atoms with Crippen molar-refractivity contribution in [2.75, 3.05) is 13.3 Å². The highest BCUT2D eigenvalue weighted by Crippen LogP contribution is 2.32. The van der Waals surface area contributed by atoms with E-state index in [2.05, 4.69) is 16.2 Å². The van der Waals surface area contributed by atoms with Gasteiger partial charge < -0.3 is 14.8 Å². The Hall–Kier alpha value is -2.02. The van der Waals surface area contributed by atoms with Crippen LogP contribution < -0.4 is 25.6 Å². The smallest absolute Gasteiger partial charge is 0.269 e. The lowest BCUT2D eigenvalue weighted by molar-refractivity contribution is 0.0943. The van der Waals surface area contributed by atoms with Gasteiger partial charge in [0, 0.05) is 12.1 Å². The van der Waals surface area contributed by atoms with Gasteiger partial charge in [0.05, 0.1) is 0 Å². The second kappa shape index (κ2) is 6.24. The molecule has 2 rings (SSSR count). The van der Waals surface area contributed by atoms with Crippen LogP contribution in [0.3, 0.4) is 0 Å². The van der Waals surface area contributed by atoms with E-state index < -0.39 is 0 Å². The van der Waals surface area contributed by atoms with Gasteiger partial charge in [0.25, 0.3) is 5.91 Å². The van der Waals surface area contributed by atoms with Crippen LogP contribution in [0.4, 0.5) is 0 Å². The van der Waals surface area contributed by atoms with Crippen LogP contribution in [0.2, 0.25) is 0 Å². The molecule has 6 nitrogen and oxygen atoms in total. The molecule has 1 amide bonds. The number of carbonyl (C=O) groups excluding carboxylic acids is 1. The van der Waals surface area contributed by atoms with Crippen molar-refractivity contribution >= 4 is 23.2 Å².